The third-order valence-corrected chi connectivity index (χ3v) is 3.41. The molecule has 0 unspecified atom stereocenters. The zero-order chi connectivity index (χ0) is 15.1. The van der Waals surface area contributed by atoms with Gasteiger partial charge in [-0.25, -0.2) is 0 Å². The molecule has 0 amide bonds. The van der Waals surface area contributed by atoms with Gasteiger partial charge in [-0.3, -0.25) is 4.79 Å². The molecule has 1 N–H and O–H groups in total. The Hall–Kier alpha value is -2.29. The lowest BCUT2D eigenvalue weighted by Gasteiger charge is -2.12. The first-order chi connectivity index (χ1) is 10.2. The summed E-state index contributed by atoms with van der Waals surface area (Å²) in [5, 5.41) is 3.34. The van der Waals surface area contributed by atoms with E-state index in [4.69, 9.17) is 4.74 Å². The number of hydrogen-bond donors (Lipinski definition) is 1. The average molecular weight is 283 g/mol. The predicted molar refractivity (Wildman–Crippen MR) is 86.3 cm³/mol. The van der Waals surface area contributed by atoms with Crippen molar-refractivity contribution in [1.82, 2.24) is 0 Å². The molecule has 3 heteroatoms. The fourth-order valence-corrected chi connectivity index (χ4v) is 2.26. The summed E-state index contributed by atoms with van der Waals surface area (Å²) in [5.74, 6) is 0.814. The summed E-state index contributed by atoms with van der Waals surface area (Å²) in [7, 11) is 1.63. The SMILES string of the molecule is COc1ccc(C(C)=O)c(NCCCc2ccccc2)c1. The van der Waals surface area contributed by atoms with Gasteiger partial charge in [0.1, 0.15) is 5.75 Å². The Labute approximate surface area is 126 Å². The molecule has 2 aromatic rings. The number of hydrogen-bond acceptors (Lipinski definition) is 3. The summed E-state index contributed by atoms with van der Waals surface area (Å²) in [6.45, 7) is 2.40. The second-order valence-corrected chi connectivity index (χ2v) is 4.98. The molecule has 0 atom stereocenters. The summed E-state index contributed by atoms with van der Waals surface area (Å²) in [5.41, 5.74) is 2.88. The van der Waals surface area contributed by atoms with Crippen LogP contribution in [0.15, 0.2) is 48.5 Å². The monoisotopic (exact) mass is 283 g/mol. The number of aryl methyl sites for hydroxylation is 1. The molecule has 110 valence electrons. The third-order valence-electron chi connectivity index (χ3n) is 3.41. The van der Waals surface area contributed by atoms with E-state index in [0.29, 0.717) is 5.56 Å². The fourth-order valence-electron chi connectivity index (χ4n) is 2.26. The van der Waals surface area contributed by atoms with Crippen LogP contribution >= 0.6 is 0 Å². The van der Waals surface area contributed by atoms with Crippen LogP contribution in [0.3, 0.4) is 0 Å². The van der Waals surface area contributed by atoms with Crippen LogP contribution in [0.5, 0.6) is 5.75 Å². The molecule has 0 saturated heterocycles. The van der Waals surface area contributed by atoms with E-state index in [2.05, 4.69) is 29.6 Å². The van der Waals surface area contributed by atoms with Crippen molar-refractivity contribution in [2.45, 2.75) is 19.8 Å². The highest BCUT2D eigenvalue weighted by Crippen LogP contribution is 2.23. The Morgan fingerprint density at radius 2 is 1.90 bits per heavy atom. The summed E-state index contributed by atoms with van der Waals surface area (Å²) in [4.78, 5) is 11.6. The van der Waals surface area contributed by atoms with E-state index < -0.39 is 0 Å². The van der Waals surface area contributed by atoms with Gasteiger partial charge in [0.15, 0.2) is 5.78 Å². The topological polar surface area (TPSA) is 38.3 Å². The molecule has 3 nitrogen and oxygen atoms in total. The number of carbonyl (C=O) groups excluding carboxylic acids is 1. The Balaban J connectivity index is 1.94. The summed E-state index contributed by atoms with van der Waals surface area (Å²) in [6, 6.07) is 15.9. The van der Waals surface area contributed by atoms with E-state index in [1.54, 1.807) is 20.1 Å². The van der Waals surface area contributed by atoms with Crippen molar-refractivity contribution in [3.8, 4) is 5.75 Å². The molecule has 0 fully saturated rings. The number of carbonyl (C=O) groups is 1. The molecule has 0 aliphatic rings. The molecule has 0 aromatic heterocycles. The molecule has 0 aliphatic carbocycles. The van der Waals surface area contributed by atoms with Crippen LogP contribution in [0.4, 0.5) is 5.69 Å². The number of nitrogens with one attached hydrogen (secondary N) is 1. The van der Waals surface area contributed by atoms with E-state index in [1.807, 2.05) is 18.2 Å². The predicted octanol–water partition coefficient (Wildman–Crippen LogP) is 3.94. The van der Waals surface area contributed by atoms with Crippen LogP contribution in [0.25, 0.3) is 0 Å². The number of methoxy groups -OCH3 is 1. The maximum atomic E-state index is 11.6. The summed E-state index contributed by atoms with van der Waals surface area (Å²) in [6.07, 6.45) is 2.03. The van der Waals surface area contributed by atoms with E-state index in [9.17, 15) is 4.79 Å². The van der Waals surface area contributed by atoms with Gasteiger partial charge in [0.05, 0.1) is 7.11 Å². The van der Waals surface area contributed by atoms with E-state index >= 15 is 0 Å². The first-order valence-electron chi connectivity index (χ1n) is 7.17. The molecule has 0 heterocycles. The largest absolute Gasteiger partial charge is 0.497 e. The number of Topliss-reactive ketones (excluding diaryl/α,β-unsaturated/α-hetero) is 1. The molecule has 2 aromatic carbocycles. The Morgan fingerprint density at radius 3 is 2.57 bits per heavy atom. The van der Waals surface area contributed by atoms with E-state index in [0.717, 1.165) is 30.8 Å². The van der Waals surface area contributed by atoms with Gasteiger partial charge >= 0.3 is 0 Å². The molecule has 21 heavy (non-hydrogen) atoms. The average Bonchev–Trinajstić information content (AvgIpc) is 2.52. The lowest BCUT2D eigenvalue weighted by Crippen LogP contribution is -2.07. The van der Waals surface area contributed by atoms with Gasteiger partial charge < -0.3 is 10.1 Å². The highest BCUT2D eigenvalue weighted by molar-refractivity contribution is 5.99. The van der Waals surface area contributed by atoms with Crippen LogP contribution in [0, 0.1) is 0 Å². The lowest BCUT2D eigenvalue weighted by molar-refractivity contribution is 0.101. The first-order valence-corrected chi connectivity index (χ1v) is 7.17. The standard InChI is InChI=1S/C18H21NO2/c1-14(20)17-11-10-16(21-2)13-18(17)19-12-6-9-15-7-4-3-5-8-15/h3-5,7-8,10-11,13,19H,6,9,12H2,1-2H3. The minimum atomic E-state index is 0.0585. The van der Waals surface area contributed by atoms with Gasteiger partial charge in [0.25, 0.3) is 0 Å². The number of ketones is 1. The lowest BCUT2D eigenvalue weighted by atomic mass is 10.1. The minimum absolute atomic E-state index is 0.0585. The zero-order valence-electron chi connectivity index (χ0n) is 12.6. The smallest absolute Gasteiger partial charge is 0.161 e. The molecule has 0 aliphatic heterocycles. The Kier molecular flexibility index (Phi) is 5.38. The van der Waals surface area contributed by atoms with Gasteiger partial charge in [-0.2, -0.15) is 0 Å². The molecule has 2 rings (SSSR count). The van der Waals surface area contributed by atoms with Crippen molar-refractivity contribution in [3.63, 3.8) is 0 Å². The summed E-state index contributed by atoms with van der Waals surface area (Å²) < 4.78 is 5.21. The fraction of sp³-hybridized carbons (Fsp3) is 0.278. The molecule has 0 radical (unpaired) electrons. The number of anilines is 1. The molecule has 0 bridgehead atoms. The number of benzene rings is 2. The van der Waals surface area contributed by atoms with Gasteiger partial charge in [0.2, 0.25) is 0 Å². The van der Waals surface area contributed by atoms with Crippen molar-refractivity contribution in [1.29, 1.82) is 0 Å². The van der Waals surface area contributed by atoms with Crippen molar-refractivity contribution in [3.05, 3.63) is 59.7 Å². The van der Waals surface area contributed by atoms with Crippen LogP contribution in [0.1, 0.15) is 29.3 Å². The molecule has 0 spiro atoms. The van der Waals surface area contributed by atoms with Crippen LogP contribution in [-0.2, 0) is 6.42 Å². The highest BCUT2D eigenvalue weighted by atomic mass is 16.5. The second kappa shape index (κ2) is 7.48. The maximum Gasteiger partial charge on any atom is 0.161 e. The Morgan fingerprint density at radius 1 is 1.14 bits per heavy atom. The summed E-state index contributed by atoms with van der Waals surface area (Å²) >= 11 is 0. The van der Waals surface area contributed by atoms with Crippen LogP contribution < -0.4 is 10.1 Å². The quantitative estimate of drug-likeness (QED) is 0.618. The van der Waals surface area contributed by atoms with Gasteiger partial charge in [-0.15, -0.1) is 0 Å². The van der Waals surface area contributed by atoms with E-state index in [-0.39, 0.29) is 5.78 Å². The van der Waals surface area contributed by atoms with E-state index in [1.165, 1.54) is 5.56 Å². The third kappa shape index (κ3) is 4.35. The Bertz CT molecular complexity index is 593. The van der Waals surface area contributed by atoms with Crippen LogP contribution in [-0.4, -0.2) is 19.4 Å². The zero-order valence-corrected chi connectivity index (χ0v) is 12.6. The number of ether oxygens (including phenoxy) is 1. The van der Waals surface area contributed by atoms with Crippen molar-refractivity contribution >= 4 is 11.5 Å². The molecule has 0 saturated carbocycles. The van der Waals surface area contributed by atoms with Gasteiger partial charge in [-0.1, -0.05) is 30.3 Å². The normalized spacial score (nSPS) is 10.2. The highest BCUT2D eigenvalue weighted by Gasteiger charge is 2.08. The minimum Gasteiger partial charge on any atom is -0.497 e. The molecular weight excluding hydrogens is 262 g/mol. The van der Waals surface area contributed by atoms with Crippen LogP contribution in [0.2, 0.25) is 0 Å². The van der Waals surface area contributed by atoms with Crippen molar-refractivity contribution in [2.75, 3.05) is 19.0 Å². The second-order valence-electron chi connectivity index (χ2n) is 4.98. The number of rotatable bonds is 7. The van der Waals surface area contributed by atoms with Gasteiger partial charge in [-0.05, 0) is 37.5 Å². The van der Waals surface area contributed by atoms with Gasteiger partial charge in [0, 0.05) is 23.9 Å². The van der Waals surface area contributed by atoms with Crippen molar-refractivity contribution < 1.29 is 9.53 Å². The van der Waals surface area contributed by atoms with Crippen molar-refractivity contribution in [2.24, 2.45) is 0 Å². The maximum absolute atomic E-state index is 11.6. The molecular formula is C18H21NO2. The first kappa shape index (κ1) is 15.1.